The molecule has 0 aliphatic heterocycles. The first kappa shape index (κ1) is 20.4. The molecule has 17 heavy (non-hydrogen) atoms. The van der Waals surface area contributed by atoms with Gasteiger partial charge in [-0.1, -0.05) is 0 Å². The van der Waals surface area contributed by atoms with Crippen LogP contribution in [0.1, 0.15) is 59.3 Å². The molecule has 0 unspecified atom stereocenters. The average molecular weight is 362 g/mol. The van der Waals surface area contributed by atoms with Crippen LogP contribution in [0.2, 0.25) is 33.0 Å². The van der Waals surface area contributed by atoms with Gasteiger partial charge in [-0.15, -0.1) is 0 Å². The summed E-state index contributed by atoms with van der Waals surface area (Å²) in [6.45, 7) is 6.99. The maximum atomic E-state index is 2.33. The molecule has 0 rings (SSSR count). The molecule has 104 valence electrons. The predicted octanol–water partition coefficient (Wildman–Crippen LogP) is 6.25. The fourth-order valence-corrected chi connectivity index (χ4v) is 8.60. The third kappa shape index (κ3) is 22.7. The molecule has 2 radical (unpaired) electrons. The van der Waals surface area contributed by atoms with Crippen molar-refractivity contribution in [2.45, 2.75) is 92.3 Å². The first-order valence-electron chi connectivity index (χ1n) is 7.68. The Balaban J connectivity index is 0. The molecule has 0 aromatic heterocycles. The van der Waals surface area contributed by atoms with Crippen LogP contribution >= 0.6 is 0 Å². The van der Waals surface area contributed by atoms with Crippen LogP contribution in [0, 0.1) is 0 Å². The number of rotatable bonds is 9. The zero-order valence-corrected chi connectivity index (χ0v) is 17.6. The number of hydrogen-bond donors (Lipinski definition) is 0. The third-order valence-corrected chi connectivity index (χ3v) is 9.33. The Bertz CT molecular complexity index is 102. The Kier molecular flexibility index (Phi) is 20.5. The van der Waals surface area contributed by atoms with Crippen LogP contribution < -0.4 is 0 Å². The van der Waals surface area contributed by atoms with Crippen molar-refractivity contribution in [3.8, 4) is 0 Å². The average Bonchev–Trinajstić information content (AvgIpc) is 2.27. The molecule has 0 aromatic rings. The zero-order valence-electron chi connectivity index (χ0n) is 13.4. The van der Waals surface area contributed by atoms with Gasteiger partial charge >= 0.3 is 121 Å². The van der Waals surface area contributed by atoms with Crippen molar-refractivity contribution in [3.63, 3.8) is 0 Å². The molecule has 0 fully saturated rings. The summed E-state index contributed by atoms with van der Waals surface area (Å²) in [6.07, 6.45) is 8.78. The van der Waals surface area contributed by atoms with E-state index < -0.39 is 14.3 Å². The van der Waals surface area contributed by atoms with Crippen LogP contribution in [0.15, 0.2) is 0 Å². The number of hydrogen-bond acceptors (Lipinski definition) is 0. The van der Waals surface area contributed by atoms with E-state index in [1.165, 1.54) is 38.5 Å². The Morgan fingerprint density at radius 3 is 1.00 bits per heavy atom. The van der Waals surface area contributed by atoms with Gasteiger partial charge in [-0.2, -0.15) is 0 Å². The number of unbranched alkanes of at least 4 members (excludes halogenated alkanes) is 3. The maximum absolute atomic E-state index is 2.33. The van der Waals surface area contributed by atoms with Crippen molar-refractivity contribution >= 4 is 28.7 Å². The molecule has 2 heteroatoms. The van der Waals surface area contributed by atoms with Crippen molar-refractivity contribution in [3.05, 3.63) is 0 Å². The predicted molar refractivity (Wildman–Crippen MR) is 88.2 cm³/mol. The van der Waals surface area contributed by atoms with E-state index in [4.69, 9.17) is 0 Å². The molecule has 0 N–H and O–H groups in total. The van der Waals surface area contributed by atoms with Crippen LogP contribution in [-0.2, 0) is 0 Å². The molecule has 0 spiro atoms. The van der Waals surface area contributed by atoms with Gasteiger partial charge < -0.3 is 0 Å². The van der Waals surface area contributed by atoms with Crippen molar-refractivity contribution in [2.75, 3.05) is 0 Å². The van der Waals surface area contributed by atoms with Gasteiger partial charge in [-0.25, -0.2) is 0 Å². The zero-order chi connectivity index (χ0) is 13.5. The van der Waals surface area contributed by atoms with E-state index in [-0.39, 0.29) is 14.3 Å². The van der Waals surface area contributed by atoms with E-state index in [9.17, 15) is 0 Å². The SMILES string of the molecule is CCC[CH2][Ge]([CH2]CCC)[CH2]CCC.[CH3][Ge]([CH3])[CH3]. The third-order valence-electron chi connectivity index (χ3n) is 2.65. The second-order valence-corrected chi connectivity index (χ2v) is 18.1. The molecule has 0 aliphatic rings. The second-order valence-electron chi connectivity index (χ2n) is 5.56. The molecular weight excluding hydrogens is 325 g/mol. The Morgan fingerprint density at radius 1 is 0.588 bits per heavy atom. The minimum atomic E-state index is -0.552. The van der Waals surface area contributed by atoms with Gasteiger partial charge in [0, 0.05) is 0 Å². The van der Waals surface area contributed by atoms with E-state index in [0.717, 1.165) is 0 Å². The molecule has 0 saturated carbocycles. The summed E-state index contributed by atoms with van der Waals surface area (Å²) in [4.78, 5) is 0. The molecule has 0 saturated heterocycles. The summed E-state index contributed by atoms with van der Waals surface area (Å²) in [7, 11) is 0. The van der Waals surface area contributed by atoms with Crippen molar-refractivity contribution in [2.24, 2.45) is 0 Å². The van der Waals surface area contributed by atoms with Crippen LogP contribution in [0.3, 0.4) is 0 Å². The van der Waals surface area contributed by atoms with Gasteiger partial charge in [-0.3, -0.25) is 0 Å². The summed E-state index contributed by atoms with van der Waals surface area (Å²) < 4.78 is 0. The standard InChI is InChI=1S/C12H27Ge.C3H9Ge/c1-4-7-10-13(11-8-5-2)12-9-6-3;1-4(2)3/h4-12H2,1-3H3;1-3H3. The van der Waals surface area contributed by atoms with E-state index in [1.807, 2.05) is 0 Å². The summed E-state index contributed by atoms with van der Waals surface area (Å²) in [5, 5.41) is 4.95. The summed E-state index contributed by atoms with van der Waals surface area (Å²) in [6, 6.07) is 0. The fourth-order valence-electron chi connectivity index (χ4n) is 1.66. The van der Waals surface area contributed by atoms with Gasteiger partial charge in [0.25, 0.3) is 0 Å². The Labute approximate surface area is 121 Å². The van der Waals surface area contributed by atoms with Gasteiger partial charge in [0.15, 0.2) is 0 Å². The van der Waals surface area contributed by atoms with Crippen molar-refractivity contribution in [1.29, 1.82) is 0 Å². The molecule has 0 atom stereocenters. The van der Waals surface area contributed by atoms with Crippen molar-refractivity contribution < 1.29 is 0 Å². The van der Waals surface area contributed by atoms with Gasteiger partial charge in [0.1, 0.15) is 0 Å². The van der Waals surface area contributed by atoms with E-state index in [0.29, 0.717) is 0 Å². The summed E-state index contributed by atoms with van der Waals surface area (Å²) >= 11 is -0.886. The van der Waals surface area contributed by atoms with E-state index in [1.54, 1.807) is 15.8 Å². The fraction of sp³-hybridized carbons (Fsp3) is 1.00. The molecule has 0 aromatic carbocycles. The normalized spacial score (nSPS) is 10.6. The first-order valence-corrected chi connectivity index (χ1v) is 18.4. The van der Waals surface area contributed by atoms with Gasteiger partial charge in [-0.05, 0) is 0 Å². The van der Waals surface area contributed by atoms with Crippen molar-refractivity contribution in [1.82, 2.24) is 0 Å². The van der Waals surface area contributed by atoms with E-state index in [2.05, 4.69) is 38.0 Å². The van der Waals surface area contributed by atoms with Crippen LogP contribution in [0.5, 0.6) is 0 Å². The Morgan fingerprint density at radius 2 is 0.824 bits per heavy atom. The molecule has 0 nitrogen and oxygen atoms in total. The quantitative estimate of drug-likeness (QED) is 0.426. The Hall–Kier alpha value is 1.09. The first-order chi connectivity index (χ1) is 8.08. The van der Waals surface area contributed by atoms with Crippen LogP contribution in [-0.4, -0.2) is 28.7 Å². The molecule has 0 bridgehead atoms. The summed E-state index contributed by atoms with van der Waals surface area (Å²) in [5.41, 5.74) is 0. The molecule has 0 amide bonds. The summed E-state index contributed by atoms with van der Waals surface area (Å²) in [5.74, 6) is 7.00. The molecule has 0 heterocycles. The minimum absolute atomic E-state index is 0.333. The van der Waals surface area contributed by atoms with Gasteiger partial charge in [0.2, 0.25) is 0 Å². The molecule has 0 aliphatic carbocycles. The van der Waals surface area contributed by atoms with Crippen LogP contribution in [0.4, 0.5) is 0 Å². The van der Waals surface area contributed by atoms with E-state index >= 15 is 0 Å². The van der Waals surface area contributed by atoms with Crippen LogP contribution in [0.25, 0.3) is 0 Å². The topological polar surface area (TPSA) is 0 Å². The molecular formula is C15H36Ge2. The second kappa shape index (κ2) is 17.1. The van der Waals surface area contributed by atoms with Gasteiger partial charge in [0.05, 0.1) is 0 Å². The monoisotopic (exact) mass is 364 g/mol.